The summed E-state index contributed by atoms with van der Waals surface area (Å²) in [7, 11) is 0. The summed E-state index contributed by atoms with van der Waals surface area (Å²) in [5.41, 5.74) is 1.13. The summed E-state index contributed by atoms with van der Waals surface area (Å²) in [6.07, 6.45) is 2.58. The fourth-order valence-electron chi connectivity index (χ4n) is 2.71. The number of rotatable bonds is 4. The Kier molecular flexibility index (Phi) is 3.48. The Morgan fingerprint density at radius 1 is 1.44 bits per heavy atom. The molecule has 0 radical (unpaired) electrons. The minimum Gasteiger partial charge on any atom is -0.357 e. The van der Waals surface area contributed by atoms with Gasteiger partial charge >= 0.3 is 0 Å². The van der Waals surface area contributed by atoms with Gasteiger partial charge in [0.15, 0.2) is 0 Å². The summed E-state index contributed by atoms with van der Waals surface area (Å²) in [5.74, 6) is 0. The molecular weight excluding hydrogens is 242 g/mol. The van der Waals surface area contributed by atoms with Crippen molar-refractivity contribution in [1.29, 1.82) is 0 Å². The van der Waals surface area contributed by atoms with E-state index in [1.807, 2.05) is 0 Å². The number of nitrogens with one attached hydrogen (secondary N) is 1. The van der Waals surface area contributed by atoms with Crippen LogP contribution in [0, 0.1) is 0 Å². The topological polar surface area (TPSA) is 28.2 Å². The van der Waals surface area contributed by atoms with Gasteiger partial charge in [-0.25, -0.2) is 0 Å². The average molecular weight is 261 g/mol. The normalized spacial score (nSPS) is 19.8. The number of benzene rings is 1. The zero-order chi connectivity index (χ0) is 12.4. The van der Waals surface area contributed by atoms with E-state index in [0.29, 0.717) is 6.04 Å². The molecule has 4 heteroatoms. The van der Waals surface area contributed by atoms with Gasteiger partial charge in [-0.3, -0.25) is 0 Å². The molecule has 0 aliphatic carbocycles. The van der Waals surface area contributed by atoms with Crippen molar-refractivity contribution in [2.75, 3.05) is 24.5 Å². The average Bonchev–Trinajstić information content (AvgIpc) is 3.02. The second kappa shape index (κ2) is 5.24. The maximum Gasteiger partial charge on any atom is 0.120 e. The first-order chi connectivity index (χ1) is 8.90. The number of aromatic nitrogens is 1. The Hall–Kier alpha value is -1.13. The Bertz CT molecular complexity index is 522. The van der Waals surface area contributed by atoms with Crippen molar-refractivity contribution in [1.82, 2.24) is 9.69 Å². The van der Waals surface area contributed by atoms with E-state index in [1.165, 1.54) is 29.8 Å². The van der Waals surface area contributed by atoms with Crippen LogP contribution in [-0.4, -0.2) is 30.0 Å². The molecule has 0 amide bonds. The fourth-order valence-corrected chi connectivity index (χ4v) is 3.67. The van der Waals surface area contributed by atoms with Crippen LogP contribution in [0.3, 0.4) is 0 Å². The molecule has 2 aromatic rings. The van der Waals surface area contributed by atoms with Gasteiger partial charge in [0.25, 0.3) is 0 Å². The molecule has 18 heavy (non-hydrogen) atoms. The summed E-state index contributed by atoms with van der Waals surface area (Å²) in [5, 5.41) is 6.14. The molecule has 1 aromatic carbocycles. The standard InChI is InChI=1S/C14H19N3S/c1-2-15-10-11-6-5-9-17(11)14-12-7-3-4-8-13(12)16-18-14/h3-4,7-8,11,15H,2,5-6,9-10H2,1H3. The van der Waals surface area contributed by atoms with Crippen LogP contribution >= 0.6 is 11.5 Å². The molecule has 1 atom stereocenters. The predicted molar refractivity (Wildman–Crippen MR) is 78.5 cm³/mol. The van der Waals surface area contributed by atoms with E-state index in [0.717, 1.165) is 18.6 Å². The van der Waals surface area contributed by atoms with E-state index in [9.17, 15) is 0 Å². The molecule has 1 fully saturated rings. The Morgan fingerprint density at radius 3 is 3.22 bits per heavy atom. The zero-order valence-corrected chi connectivity index (χ0v) is 11.5. The molecular formula is C14H19N3S. The second-order valence-electron chi connectivity index (χ2n) is 4.80. The highest BCUT2D eigenvalue weighted by molar-refractivity contribution is 7.11. The summed E-state index contributed by atoms with van der Waals surface area (Å²) >= 11 is 1.65. The van der Waals surface area contributed by atoms with Crippen molar-refractivity contribution < 1.29 is 0 Å². The highest BCUT2D eigenvalue weighted by atomic mass is 32.1. The highest BCUT2D eigenvalue weighted by Gasteiger charge is 2.26. The quantitative estimate of drug-likeness (QED) is 0.917. The van der Waals surface area contributed by atoms with Crippen LogP contribution in [0.15, 0.2) is 24.3 Å². The molecule has 1 aliphatic rings. The van der Waals surface area contributed by atoms with Crippen LogP contribution in [0.1, 0.15) is 19.8 Å². The number of hydrogen-bond donors (Lipinski definition) is 1. The summed E-state index contributed by atoms with van der Waals surface area (Å²) < 4.78 is 4.56. The molecule has 2 heterocycles. The van der Waals surface area contributed by atoms with Crippen molar-refractivity contribution in [3.05, 3.63) is 24.3 Å². The number of likely N-dealkylation sites (N-methyl/N-ethyl adjacent to an activating group) is 1. The van der Waals surface area contributed by atoms with Crippen LogP contribution in [-0.2, 0) is 0 Å². The molecule has 1 unspecified atom stereocenters. The lowest BCUT2D eigenvalue weighted by Gasteiger charge is -2.25. The lowest BCUT2D eigenvalue weighted by molar-refractivity contribution is 0.590. The van der Waals surface area contributed by atoms with Crippen molar-refractivity contribution in [3.63, 3.8) is 0 Å². The van der Waals surface area contributed by atoms with E-state index in [2.05, 4.69) is 45.8 Å². The third kappa shape index (κ3) is 2.10. The predicted octanol–water partition coefficient (Wildman–Crippen LogP) is 2.87. The first-order valence-corrected chi connectivity index (χ1v) is 7.49. The van der Waals surface area contributed by atoms with Gasteiger partial charge in [-0.05, 0) is 43.1 Å². The van der Waals surface area contributed by atoms with E-state index in [1.54, 1.807) is 11.5 Å². The van der Waals surface area contributed by atoms with Crippen LogP contribution < -0.4 is 10.2 Å². The molecule has 0 saturated carbocycles. The summed E-state index contributed by atoms with van der Waals surface area (Å²) in [6, 6.07) is 9.09. The van der Waals surface area contributed by atoms with Gasteiger partial charge in [-0.1, -0.05) is 19.1 Å². The van der Waals surface area contributed by atoms with E-state index in [4.69, 9.17) is 0 Å². The van der Waals surface area contributed by atoms with Crippen LogP contribution in [0.25, 0.3) is 10.9 Å². The van der Waals surface area contributed by atoms with E-state index in [-0.39, 0.29) is 0 Å². The van der Waals surface area contributed by atoms with Crippen LogP contribution in [0.4, 0.5) is 5.00 Å². The van der Waals surface area contributed by atoms with Gasteiger partial charge in [0.05, 0.1) is 5.52 Å². The molecule has 96 valence electrons. The first kappa shape index (κ1) is 11.9. The van der Waals surface area contributed by atoms with Gasteiger partial charge in [0, 0.05) is 24.5 Å². The molecule has 0 bridgehead atoms. The minimum absolute atomic E-state index is 0.633. The van der Waals surface area contributed by atoms with Gasteiger partial charge < -0.3 is 10.2 Å². The van der Waals surface area contributed by atoms with E-state index >= 15 is 0 Å². The lowest BCUT2D eigenvalue weighted by Crippen LogP contribution is -2.37. The van der Waals surface area contributed by atoms with Crippen molar-refractivity contribution in [2.24, 2.45) is 0 Å². The molecule has 3 nitrogen and oxygen atoms in total. The Labute approximate surface area is 112 Å². The third-order valence-electron chi connectivity index (χ3n) is 3.63. The highest BCUT2D eigenvalue weighted by Crippen LogP contribution is 2.35. The van der Waals surface area contributed by atoms with Gasteiger partial charge in [0.2, 0.25) is 0 Å². The molecule has 3 rings (SSSR count). The van der Waals surface area contributed by atoms with Gasteiger partial charge in [-0.2, -0.15) is 4.37 Å². The fraction of sp³-hybridized carbons (Fsp3) is 0.500. The zero-order valence-electron chi connectivity index (χ0n) is 10.7. The third-order valence-corrected chi connectivity index (χ3v) is 4.55. The monoisotopic (exact) mass is 261 g/mol. The Balaban J connectivity index is 1.88. The minimum atomic E-state index is 0.633. The van der Waals surface area contributed by atoms with Crippen LogP contribution in [0.2, 0.25) is 0 Å². The molecule has 1 aromatic heterocycles. The number of fused-ring (bicyclic) bond motifs is 1. The maximum atomic E-state index is 4.56. The van der Waals surface area contributed by atoms with Gasteiger partial charge in [-0.15, -0.1) is 0 Å². The smallest absolute Gasteiger partial charge is 0.120 e. The molecule has 1 N–H and O–H groups in total. The summed E-state index contributed by atoms with van der Waals surface area (Å²) in [6.45, 7) is 5.47. The second-order valence-corrected chi connectivity index (χ2v) is 5.55. The van der Waals surface area contributed by atoms with Crippen LogP contribution in [0.5, 0.6) is 0 Å². The summed E-state index contributed by atoms with van der Waals surface area (Å²) in [4.78, 5) is 2.54. The maximum absolute atomic E-state index is 4.56. The molecule has 0 spiro atoms. The first-order valence-electron chi connectivity index (χ1n) is 6.72. The van der Waals surface area contributed by atoms with Crippen molar-refractivity contribution in [3.8, 4) is 0 Å². The molecule has 1 saturated heterocycles. The lowest BCUT2D eigenvalue weighted by atomic mass is 10.2. The van der Waals surface area contributed by atoms with Crippen molar-refractivity contribution in [2.45, 2.75) is 25.8 Å². The SMILES string of the molecule is CCNCC1CCCN1c1snc2ccccc12. The largest absolute Gasteiger partial charge is 0.357 e. The van der Waals surface area contributed by atoms with E-state index < -0.39 is 0 Å². The molecule has 1 aliphatic heterocycles. The number of hydrogen-bond acceptors (Lipinski definition) is 4. The number of nitrogens with zero attached hydrogens (tertiary/aromatic N) is 2. The van der Waals surface area contributed by atoms with Crippen molar-refractivity contribution >= 4 is 27.4 Å². The van der Waals surface area contributed by atoms with Gasteiger partial charge in [0.1, 0.15) is 5.00 Å². The number of anilines is 1. The Morgan fingerprint density at radius 2 is 2.33 bits per heavy atom.